The van der Waals surface area contributed by atoms with Crippen LogP contribution in [0.3, 0.4) is 0 Å². The average molecular weight is 454 g/mol. The van der Waals surface area contributed by atoms with E-state index in [-0.39, 0.29) is 15.7 Å². The highest BCUT2D eigenvalue weighted by molar-refractivity contribution is 7.92. The molecule has 0 atom stereocenters. The summed E-state index contributed by atoms with van der Waals surface area (Å²) in [6.07, 6.45) is 0. The van der Waals surface area contributed by atoms with Gasteiger partial charge in [0.15, 0.2) is 0 Å². The molecule has 0 aliphatic carbocycles. The first-order valence-electron chi connectivity index (χ1n) is 9.35. The lowest BCUT2D eigenvalue weighted by atomic mass is 10.1. The molecule has 31 heavy (non-hydrogen) atoms. The Balaban J connectivity index is 1.60. The summed E-state index contributed by atoms with van der Waals surface area (Å²) < 4.78 is 30.2. The Morgan fingerprint density at radius 2 is 1.74 bits per heavy atom. The normalized spacial score (nSPS) is 11.4. The van der Waals surface area contributed by atoms with E-state index in [1.54, 1.807) is 73.1 Å². The van der Waals surface area contributed by atoms with Crippen molar-refractivity contribution < 1.29 is 13.2 Å². The zero-order chi connectivity index (χ0) is 22.2. The number of hydrogen-bond donors (Lipinski definition) is 2. The zero-order valence-electron chi connectivity index (χ0n) is 16.7. The summed E-state index contributed by atoms with van der Waals surface area (Å²) in [5, 5.41) is 2.82. The third kappa shape index (κ3) is 4.10. The Morgan fingerprint density at radius 1 is 1.00 bits per heavy atom. The lowest BCUT2D eigenvalue weighted by molar-refractivity contribution is 0.102. The SMILES string of the molecule is Cc1c(NS(=O)(=O)c2ccccc2)cccc1C(=O)Nc1ccc2c(c1)sc(=O)n2C. The Morgan fingerprint density at radius 3 is 2.48 bits per heavy atom. The van der Waals surface area contributed by atoms with E-state index in [0.29, 0.717) is 22.5 Å². The highest BCUT2D eigenvalue weighted by atomic mass is 32.2. The number of aryl methyl sites for hydroxylation is 1. The number of fused-ring (bicyclic) bond motifs is 1. The summed E-state index contributed by atoms with van der Waals surface area (Å²) in [5.74, 6) is -0.374. The van der Waals surface area contributed by atoms with Crippen molar-refractivity contribution in [1.29, 1.82) is 0 Å². The minimum Gasteiger partial charge on any atom is -0.322 e. The first kappa shape index (κ1) is 20.8. The number of aromatic nitrogens is 1. The van der Waals surface area contributed by atoms with Gasteiger partial charge in [-0.3, -0.25) is 14.3 Å². The highest BCUT2D eigenvalue weighted by Crippen LogP contribution is 2.25. The van der Waals surface area contributed by atoms with Gasteiger partial charge in [0.05, 0.1) is 20.8 Å². The summed E-state index contributed by atoms with van der Waals surface area (Å²) in [5.41, 5.74) is 2.52. The molecule has 0 spiro atoms. The summed E-state index contributed by atoms with van der Waals surface area (Å²) in [4.78, 5) is 24.8. The number of carbonyl (C=O) groups is 1. The third-order valence-corrected chi connectivity index (χ3v) is 7.30. The third-order valence-electron chi connectivity index (χ3n) is 4.93. The molecular weight excluding hydrogens is 434 g/mol. The number of amides is 1. The van der Waals surface area contributed by atoms with Gasteiger partial charge < -0.3 is 9.88 Å². The van der Waals surface area contributed by atoms with Crippen molar-refractivity contribution in [1.82, 2.24) is 4.57 Å². The van der Waals surface area contributed by atoms with Crippen molar-refractivity contribution in [3.8, 4) is 0 Å². The molecule has 0 saturated carbocycles. The van der Waals surface area contributed by atoms with Crippen molar-refractivity contribution in [2.75, 3.05) is 10.0 Å². The molecule has 1 aromatic heterocycles. The summed E-state index contributed by atoms with van der Waals surface area (Å²) in [6, 6.07) is 18.1. The van der Waals surface area contributed by atoms with E-state index >= 15 is 0 Å². The molecular formula is C22H19N3O4S2. The number of benzene rings is 3. The molecule has 1 amide bonds. The van der Waals surface area contributed by atoms with Crippen molar-refractivity contribution >= 4 is 48.9 Å². The van der Waals surface area contributed by atoms with Gasteiger partial charge in [0.25, 0.3) is 15.9 Å². The quantitative estimate of drug-likeness (QED) is 0.478. The largest absolute Gasteiger partial charge is 0.322 e. The molecule has 0 aliphatic heterocycles. The van der Waals surface area contributed by atoms with Crippen LogP contribution in [0.5, 0.6) is 0 Å². The van der Waals surface area contributed by atoms with Crippen LogP contribution in [0.15, 0.2) is 76.4 Å². The molecule has 4 aromatic rings. The first-order chi connectivity index (χ1) is 14.8. The molecule has 0 saturated heterocycles. The van der Waals surface area contributed by atoms with Gasteiger partial charge >= 0.3 is 4.87 Å². The molecule has 3 aromatic carbocycles. The monoisotopic (exact) mass is 453 g/mol. The second kappa shape index (κ2) is 8.01. The van der Waals surface area contributed by atoms with Crippen molar-refractivity contribution in [3.05, 3.63) is 87.5 Å². The van der Waals surface area contributed by atoms with Crippen LogP contribution in [0.2, 0.25) is 0 Å². The van der Waals surface area contributed by atoms with Gasteiger partial charge in [-0.1, -0.05) is 35.6 Å². The Kier molecular flexibility index (Phi) is 5.38. The summed E-state index contributed by atoms with van der Waals surface area (Å²) in [6.45, 7) is 1.68. The number of carbonyl (C=O) groups excluding carboxylic acids is 1. The van der Waals surface area contributed by atoms with Gasteiger partial charge in [-0.25, -0.2) is 8.42 Å². The molecule has 7 nitrogen and oxygen atoms in total. The summed E-state index contributed by atoms with van der Waals surface area (Å²) >= 11 is 1.11. The lowest BCUT2D eigenvalue weighted by Gasteiger charge is -2.14. The van der Waals surface area contributed by atoms with Crippen LogP contribution in [-0.2, 0) is 17.1 Å². The first-order valence-corrected chi connectivity index (χ1v) is 11.6. The van der Waals surface area contributed by atoms with Gasteiger partial charge in [0, 0.05) is 18.3 Å². The maximum atomic E-state index is 12.9. The number of hydrogen-bond acceptors (Lipinski definition) is 5. The van der Waals surface area contributed by atoms with Crippen LogP contribution in [0.25, 0.3) is 10.2 Å². The maximum absolute atomic E-state index is 12.9. The Bertz CT molecular complexity index is 1460. The minimum atomic E-state index is -3.78. The fourth-order valence-electron chi connectivity index (χ4n) is 3.21. The van der Waals surface area contributed by atoms with E-state index in [4.69, 9.17) is 0 Å². The van der Waals surface area contributed by atoms with E-state index in [0.717, 1.165) is 21.6 Å². The molecule has 0 fully saturated rings. The van der Waals surface area contributed by atoms with Gasteiger partial charge in [0.1, 0.15) is 0 Å². The van der Waals surface area contributed by atoms with Crippen LogP contribution < -0.4 is 14.9 Å². The van der Waals surface area contributed by atoms with Crippen molar-refractivity contribution in [2.45, 2.75) is 11.8 Å². The van der Waals surface area contributed by atoms with Crippen molar-refractivity contribution in [2.24, 2.45) is 7.05 Å². The number of nitrogens with one attached hydrogen (secondary N) is 2. The Hall–Kier alpha value is -3.43. The molecule has 0 unspecified atom stereocenters. The molecule has 2 N–H and O–H groups in total. The Labute approximate surface area is 183 Å². The predicted octanol–water partition coefficient (Wildman–Crippen LogP) is 3.96. The van der Waals surface area contributed by atoms with Crippen molar-refractivity contribution in [3.63, 3.8) is 0 Å². The zero-order valence-corrected chi connectivity index (χ0v) is 18.4. The number of thiazole rings is 1. The topological polar surface area (TPSA) is 97.3 Å². The van der Waals surface area contributed by atoms with Crippen LogP contribution >= 0.6 is 11.3 Å². The van der Waals surface area contributed by atoms with Crippen LogP contribution in [0, 0.1) is 6.92 Å². The average Bonchev–Trinajstić information content (AvgIpc) is 3.03. The van der Waals surface area contributed by atoms with Crippen LogP contribution in [0.4, 0.5) is 11.4 Å². The lowest BCUT2D eigenvalue weighted by Crippen LogP contribution is -2.17. The van der Waals surface area contributed by atoms with E-state index < -0.39 is 10.0 Å². The standard InChI is InChI=1S/C22H19N3O4S2/c1-14-17(9-6-10-18(14)24-31(28,29)16-7-4-3-5-8-16)21(26)23-15-11-12-19-20(13-15)30-22(27)25(19)2/h3-13,24H,1-2H3,(H,23,26). The number of nitrogens with zero attached hydrogens (tertiary/aromatic N) is 1. The van der Waals surface area contributed by atoms with E-state index in [2.05, 4.69) is 10.0 Å². The van der Waals surface area contributed by atoms with E-state index in [1.165, 1.54) is 12.1 Å². The fourth-order valence-corrected chi connectivity index (χ4v) is 5.27. The van der Waals surface area contributed by atoms with Gasteiger partial charge in [-0.15, -0.1) is 0 Å². The smallest absolute Gasteiger partial charge is 0.307 e. The van der Waals surface area contributed by atoms with Crippen LogP contribution in [0.1, 0.15) is 15.9 Å². The molecule has 1 heterocycles. The molecule has 0 aliphatic rings. The molecule has 158 valence electrons. The maximum Gasteiger partial charge on any atom is 0.307 e. The fraction of sp³-hybridized carbons (Fsp3) is 0.0909. The second-order valence-corrected chi connectivity index (χ2v) is 9.64. The predicted molar refractivity (Wildman–Crippen MR) is 123 cm³/mol. The van der Waals surface area contributed by atoms with Gasteiger partial charge in [0.2, 0.25) is 0 Å². The number of anilines is 2. The highest BCUT2D eigenvalue weighted by Gasteiger charge is 2.18. The summed E-state index contributed by atoms with van der Waals surface area (Å²) in [7, 11) is -2.08. The molecule has 4 rings (SSSR count). The van der Waals surface area contributed by atoms with E-state index in [9.17, 15) is 18.0 Å². The molecule has 9 heteroatoms. The molecule has 0 radical (unpaired) electrons. The number of rotatable bonds is 5. The number of sulfonamides is 1. The second-order valence-electron chi connectivity index (χ2n) is 6.96. The van der Waals surface area contributed by atoms with Gasteiger partial charge in [-0.05, 0) is 55.0 Å². The minimum absolute atomic E-state index is 0.0762. The van der Waals surface area contributed by atoms with Gasteiger partial charge in [-0.2, -0.15) is 0 Å². The van der Waals surface area contributed by atoms with E-state index in [1.807, 2.05) is 0 Å². The van der Waals surface area contributed by atoms with Crippen LogP contribution in [-0.4, -0.2) is 18.9 Å². The molecule has 0 bridgehead atoms.